The fourth-order valence-electron chi connectivity index (χ4n) is 4.70. The minimum absolute atomic E-state index is 0.428. The van der Waals surface area contributed by atoms with Crippen LogP contribution in [0.4, 0.5) is 5.69 Å². The zero-order valence-corrected chi connectivity index (χ0v) is 31.5. The Morgan fingerprint density at radius 3 is 1.84 bits per heavy atom. The average Bonchev–Trinajstić information content (AvgIpc) is 2.99. The van der Waals surface area contributed by atoms with Crippen LogP contribution in [0.15, 0.2) is 48.7 Å². The van der Waals surface area contributed by atoms with E-state index in [9.17, 15) is 4.79 Å². The molecule has 0 spiro atoms. The van der Waals surface area contributed by atoms with Gasteiger partial charge in [0.1, 0.15) is 0 Å². The van der Waals surface area contributed by atoms with Crippen molar-refractivity contribution in [2.45, 2.75) is 167 Å². The molecule has 1 fully saturated rings. The molecule has 0 bridgehead atoms. The van der Waals surface area contributed by atoms with Gasteiger partial charge in [0.15, 0.2) is 0 Å². The minimum atomic E-state index is -0.428. The molecule has 3 heteroatoms. The number of hydrogen-bond acceptors (Lipinski definition) is 2. The summed E-state index contributed by atoms with van der Waals surface area (Å²) in [5, 5.41) is 3.15. The number of anilines is 1. The Kier molecular flexibility index (Phi) is 31.8. The van der Waals surface area contributed by atoms with Crippen molar-refractivity contribution < 1.29 is 4.79 Å². The normalized spacial score (nSPS) is 12.4. The van der Waals surface area contributed by atoms with Gasteiger partial charge in [-0.3, -0.25) is 4.79 Å². The highest BCUT2D eigenvalue weighted by atomic mass is 16.1. The van der Waals surface area contributed by atoms with E-state index in [1.807, 2.05) is 41.5 Å². The fraction of sp³-hybridized carbons (Fsp3) is 0.634. The summed E-state index contributed by atoms with van der Waals surface area (Å²) in [6, 6.07) is 2.08. The molecule has 1 saturated carbocycles. The number of amides is 1. The lowest BCUT2D eigenvalue weighted by molar-refractivity contribution is 0.100. The molecular weight excluding hydrogens is 536 g/mol. The number of allylic oxidation sites excluding steroid dienone is 5. The first-order valence-corrected chi connectivity index (χ1v) is 18.0. The maximum Gasteiger partial charge on any atom is 0.251 e. The predicted octanol–water partition coefficient (Wildman–Crippen LogP) is 13.5. The summed E-state index contributed by atoms with van der Waals surface area (Å²) in [7, 11) is 0. The average molecular weight is 611 g/mol. The van der Waals surface area contributed by atoms with Crippen LogP contribution in [0, 0.1) is 12.8 Å². The summed E-state index contributed by atoms with van der Waals surface area (Å²) in [6.45, 7) is 32.9. The van der Waals surface area contributed by atoms with Gasteiger partial charge in [0, 0.05) is 0 Å². The Morgan fingerprint density at radius 1 is 0.955 bits per heavy atom. The molecule has 0 radical (unpaired) electrons. The molecule has 0 aromatic heterocycles. The number of carbonyl (C=O) groups is 1. The number of nitrogens with one attached hydrogen (secondary N) is 1. The molecule has 0 heterocycles. The van der Waals surface area contributed by atoms with Gasteiger partial charge in [0.05, 0.1) is 11.3 Å². The molecular formula is C41H74N2O. The van der Waals surface area contributed by atoms with Crippen LogP contribution in [0.3, 0.4) is 0 Å². The SMILES string of the molecule is C=CNc1c(CC)c(C(/C=C(/C)C(=C)C)=C/CCCC)cc(C)c1C(N)=O.CC.CC.CCC1CCC1.CCCCCCC. The monoisotopic (exact) mass is 611 g/mol. The van der Waals surface area contributed by atoms with E-state index in [-0.39, 0.29) is 0 Å². The van der Waals surface area contributed by atoms with Crippen LogP contribution in [0.5, 0.6) is 0 Å². The smallest absolute Gasteiger partial charge is 0.251 e. The number of rotatable bonds is 15. The number of carbonyl (C=O) groups excluding carboxylic acids is 1. The molecule has 1 aliphatic carbocycles. The van der Waals surface area contributed by atoms with Crippen molar-refractivity contribution in [1.29, 1.82) is 0 Å². The van der Waals surface area contributed by atoms with E-state index in [4.69, 9.17) is 5.73 Å². The second-order valence-electron chi connectivity index (χ2n) is 11.2. The molecule has 3 nitrogen and oxygen atoms in total. The lowest BCUT2D eigenvalue weighted by Crippen LogP contribution is -2.17. The first-order chi connectivity index (χ1) is 21.1. The second-order valence-corrected chi connectivity index (χ2v) is 11.2. The first kappa shape index (κ1) is 45.9. The quantitative estimate of drug-likeness (QED) is 0.153. The maximum absolute atomic E-state index is 12.1. The second kappa shape index (κ2) is 30.5. The minimum Gasteiger partial charge on any atom is -0.366 e. The number of benzene rings is 1. The van der Waals surface area contributed by atoms with Gasteiger partial charge in [-0.2, -0.15) is 0 Å². The van der Waals surface area contributed by atoms with E-state index in [1.165, 1.54) is 57.8 Å². The van der Waals surface area contributed by atoms with Crippen molar-refractivity contribution in [3.05, 3.63) is 71.0 Å². The number of unbranched alkanes of at least 4 members (excludes halogenated alkanes) is 6. The Morgan fingerprint density at radius 2 is 1.50 bits per heavy atom. The number of nitrogens with two attached hydrogens (primary N) is 1. The highest BCUT2D eigenvalue weighted by Gasteiger charge is 2.19. The molecule has 44 heavy (non-hydrogen) atoms. The number of hydrogen-bond donors (Lipinski definition) is 2. The van der Waals surface area contributed by atoms with E-state index in [2.05, 4.69) is 78.2 Å². The standard InChI is InChI=1S/C24H34N2O.C7H16.C6H12.2C2H6/c1-8-11-12-13-19(14-17(6)16(4)5)21-15-18(7)22(24(25)27)23(26-10-3)20(21)9-2;1-3-5-7-6-4-2;1-2-6-4-3-5-6;2*1-2/h10,13-15,26H,3-4,8-9,11-12H2,1-2,5-7H3,(H2,25,27);3-7H2,1-2H3;6H,2-5H2,1H3;2*1-2H3/b17-14-,19-13+;;;;. The molecule has 2 rings (SSSR count). The van der Waals surface area contributed by atoms with Crippen LogP contribution < -0.4 is 11.1 Å². The predicted molar refractivity (Wildman–Crippen MR) is 204 cm³/mol. The van der Waals surface area contributed by atoms with Crippen LogP contribution in [0.1, 0.15) is 180 Å². The Hall–Kier alpha value is -2.55. The van der Waals surface area contributed by atoms with Gasteiger partial charge in [-0.15, -0.1) is 0 Å². The Labute approximate surface area is 276 Å². The van der Waals surface area contributed by atoms with Gasteiger partial charge < -0.3 is 11.1 Å². The van der Waals surface area contributed by atoms with Gasteiger partial charge in [0.2, 0.25) is 0 Å². The van der Waals surface area contributed by atoms with Crippen molar-refractivity contribution in [2.75, 3.05) is 5.32 Å². The molecule has 0 aliphatic heterocycles. The van der Waals surface area contributed by atoms with Gasteiger partial charge in [-0.05, 0) is 73.6 Å². The molecule has 1 amide bonds. The van der Waals surface area contributed by atoms with Crippen LogP contribution in [0.25, 0.3) is 5.57 Å². The van der Waals surface area contributed by atoms with Gasteiger partial charge in [-0.25, -0.2) is 0 Å². The highest BCUT2D eigenvalue weighted by Crippen LogP contribution is 2.34. The van der Waals surface area contributed by atoms with Crippen molar-refractivity contribution in [2.24, 2.45) is 11.7 Å². The summed E-state index contributed by atoms with van der Waals surface area (Å²) in [6.07, 6.45) is 23.1. The van der Waals surface area contributed by atoms with Crippen LogP contribution in [-0.2, 0) is 6.42 Å². The van der Waals surface area contributed by atoms with Crippen molar-refractivity contribution >= 4 is 17.2 Å². The third kappa shape index (κ3) is 19.0. The summed E-state index contributed by atoms with van der Waals surface area (Å²) < 4.78 is 0. The van der Waals surface area contributed by atoms with E-state index < -0.39 is 5.91 Å². The van der Waals surface area contributed by atoms with Crippen LogP contribution >= 0.6 is 0 Å². The zero-order valence-electron chi connectivity index (χ0n) is 31.5. The molecule has 3 N–H and O–H groups in total. The van der Waals surface area contributed by atoms with E-state index in [1.54, 1.807) is 6.20 Å². The van der Waals surface area contributed by atoms with E-state index >= 15 is 0 Å². The molecule has 0 atom stereocenters. The summed E-state index contributed by atoms with van der Waals surface area (Å²) >= 11 is 0. The van der Waals surface area contributed by atoms with Crippen LogP contribution in [-0.4, -0.2) is 5.91 Å². The van der Waals surface area contributed by atoms with Crippen molar-refractivity contribution in [3.63, 3.8) is 0 Å². The topological polar surface area (TPSA) is 55.1 Å². The maximum atomic E-state index is 12.1. The summed E-state index contributed by atoms with van der Waals surface area (Å²) in [5.41, 5.74) is 13.4. The van der Waals surface area contributed by atoms with Gasteiger partial charge >= 0.3 is 0 Å². The summed E-state index contributed by atoms with van der Waals surface area (Å²) in [5.74, 6) is 0.688. The molecule has 0 saturated heterocycles. The highest BCUT2D eigenvalue weighted by molar-refractivity contribution is 6.02. The molecule has 0 unspecified atom stereocenters. The molecule has 1 aliphatic rings. The first-order valence-electron chi connectivity index (χ1n) is 18.0. The van der Waals surface area contributed by atoms with E-state index in [0.29, 0.717) is 5.56 Å². The summed E-state index contributed by atoms with van der Waals surface area (Å²) in [4.78, 5) is 12.1. The fourth-order valence-corrected chi connectivity index (χ4v) is 4.70. The molecule has 1 aromatic rings. The Balaban J connectivity index is -0.000000802. The van der Waals surface area contributed by atoms with Crippen LogP contribution in [0.2, 0.25) is 0 Å². The lowest BCUT2D eigenvalue weighted by atomic mass is 9.84. The largest absolute Gasteiger partial charge is 0.366 e. The van der Waals surface area contributed by atoms with Crippen molar-refractivity contribution in [3.8, 4) is 0 Å². The lowest BCUT2D eigenvalue weighted by Gasteiger charge is -2.22. The molecule has 1 aromatic carbocycles. The van der Waals surface area contributed by atoms with Crippen molar-refractivity contribution in [1.82, 2.24) is 0 Å². The number of aryl methyl sites for hydroxylation is 1. The van der Waals surface area contributed by atoms with Gasteiger partial charge in [-0.1, -0.05) is 170 Å². The van der Waals surface area contributed by atoms with E-state index in [0.717, 1.165) is 70.7 Å². The van der Waals surface area contributed by atoms with Gasteiger partial charge in [0.25, 0.3) is 5.91 Å². The molecule has 254 valence electrons. The zero-order chi connectivity index (χ0) is 34.5. The number of primary amides is 1. The third-order valence-corrected chi connectivity index (χ3v) is 7.77. The third-order valence-electron chi connectivity index (χ3n) is 7.77. The Bertz CT molecular complexity index is 957.